The van der Waals surface area contributed by atoms with Crippen LogP contribution in [0.25, 0.3) is 0 Å². The zero-order valence-electron chi connectivity index (χ0n) is 18.1. The summed E-state index contributed by atoms with van der Waals surface area (Å²) in [5.41, 5.74) is -0.126. The Morgan fingerprint density at radius 3 is 1.41 bits per heavy atom. The van der Waals surface area contributed by atoms with Crippen LogP contribution in [0.3, 0.4) is 0 Å². The van der Waals surface area contributed by atoms with Crippen molar-refractivity contribution in [1.82, 2.24) is 0 Å². The third kappa shape index (κ3) is 13.3. The Labute approximate surface area is 167 Å². The van der Waals surface area contributed by atoms with E-state index in [1.54, 1.807) is 0 Å². The summed E-state index contributed by atoms with van der Waals surface area (Å²) in [7, 11) is -8.98. The van der Waals surface area contributed by atoms with Crippen LogP contribution in [0.2, 0.25) is 65.0 Å². The number of carboxylic acid groups (broad SMARTS) is 2. The first-order valence-corrected chi connectivity index (χ1v) is 21.3. The van der Waals surface area contributed by atoms with E-state index in [0.29, 0.717) is 12.5 Å². The summed E-state index contributed by atoms with van der Waals surface area (Å²) in [4.78, 5) is 22.1. The molecule has 0 aliphatic rings. The van der Waals surface area contributed by atoms with Gasteiger partial charge in [0, 0.05) is 17.7 Å². The van der Waals surface area contributed by atoms with Crippen LogP contribution in [0.15, 0.2) is 11.6 Å². The fraction of sp³-hybridized carbons (Fsp3) is 0.750. The Bertz CT molecular complexity index is 516. The highest BCUT2D eigenvalue weighted by molar-refractivity contribution is 6.90. The van der Waals surface area contributed by atoms with Crippen LogP contribution in [0.1, 0.15) is 12.8 Å². The molecule has 0 saturated carbocycles. The maximum Gasteiger partial charge on any atom is 0.469 e. The molecule has 0 atom stereocenters. The minimum atomic E-state index is -3.03. The van der Waals surface area contributed by atoms with Crippen molar-refractivity contribution in [1.29, 1.82) is 0 Å². The SMILES string of the molecule is C[Si](C)(C)O[Si](CCC/C(=C\C(=O)O)C(=O)O)(O[Si](C)(C)C)O[Si](C)(C)C. The molecule has 0 unspecified atom stereocenters. The zero-order valence-corrected chi connectivity index (χ0v) is 22.1. The maximum atomic E-state index is 11.3. The van der Waals surface area contributed by atoms with E-state index in [1.807, 2.05) is 0 Å². The molecule has 0 rings (SSSR count). The van der Waals surface area contributed by atoms with E-state index < -0.39 is 45.7 Å². The molecule has 0 aliphatic carbocycles. The first-order valence-electron chi connectivity index (χ1n) is 9.11. The number of hydrogen-bond donors (Lipinski definition) is 2. The Balaban J connectivity index is 5.66. The van der Waals surface area contributed by atoms with E-state index in [1.165, 1.54) is 0 Å². The van der Waals surface area contributed by atoms with Gasteiger partial charge in [-0.25, -0.2) is 9.59 Å². The van der Waals surface area contributed by atoms with Crippen LogP contribution in [-0.2, 0) is 21.9 Å². The monoisotopic (exact) mass is 452 g/mol. The lowest BCUT2D eigenvalue weighted by Crippen LogP contribution is -2.60. The van der Waals surface area contributed by atoms with Crippen molar-refractivity contribution in [3.05, 3.63) is 11.6 Å². The largest absolute Gasteiger partial charge is 0.478 e. The fourth-order valence-corrected chi connectivity index (χ4v) is 17.2. The van der Waals surface area contributed by atoms with E-state index >= 15 is 0 Å². The van der Waals surface area contributed by atoms with Gasteiger partial charge in [-0.3, -0.25) is 0 Å². The minimum Gasteiger partial charge on any atom is -0.478 e. The van der Waals surface area contributed by atoms with E-state index in [9.17, 15) is 14.7 Å². The molecule has 0 saturated heterocycles. The molecule has 7 nitrogen and oxygen atoms in total. The van der Waals surface area contributed by atoms with Crippen molar-refractivity contribution in [3.8, 4) is 0 Å². The summed E-state index contributed by atoms with van der Waals surface area (Å²) < 4.78 is 19.6. The van der Waals surface area contributed by atoms with Gasteiger partial charge >= 0.3 is 20.7 Å². The molecule has 11 heteroatoms. The highest BCUT2D eigenvalue weighted by Crippen LogP contribution is 2.31. The summed E-state index contributed by atoms with van der Waals surface area (Å²) in [6.45, 7) is 18.8. The van der Waals surface area contributed by atoms with Crippen LogP contribution in [0.5, 0.6) is 0 Å². The van der Waals surface area contributed by atoms with E-state index in [0.717, 1.165) is 6.08 Å². The second kappa shape index (κ2) is 9.76. The lowest BCUT2D eigenvalue weighted by Gasteiger charge is -2.43. The van der Waals surface area contributed by atoms with Crippen molar-refractivity contribution in [2.45, 2.75) is 77.8 Å². The van der Waals surface area contributed by atoms with E-state index in [-0.39, 0.29) is 12.0 Å². The third-order valence-corrected chi connectivity index (χ3v) is 14.9. The second-order valence-electron chi connectivity index (χ2n) is 9.49. The molecular weight excluding hydrogens is 417 g/mol. The van der Waals surface area contributed by atoms with Crippen LogP contribution >= 0.6 is 0 Å². The summed E-state index contributed by atoms with van der Waals surface area (Å²) in [6.07, 6.45) is 1.33. The molecule has 0 fully saturated rings. The first kappa shape index (κ1) is 26.4. The molecule has 0 aromatic carbocycles. The van der Waals surface area contributed by atoms with E-state index in [4.69, 9.17) is 17.5 Å². The van der Waals surface area contributed by atoms with Crippen molar-refractivity contribution >= 4 is 45.7 Å². The van der Waals surface area contributed by atoms with Crippen molar-refractivity contribution < 1.29 is 32.1 Å². The van der Waals surface area contributed by atoms with Crippen molar-refractivity contribution in [2.75, 3.05) is 0 Å². The van der Waals surface area contributed by atoms with Gasteiger partial charge in [0.25, 0.3) is 0 Å². The summed E-state index contributed by atoms with van der Waals surface area (Å²) in [5.74, 6) is -2.47. The topological polar surface area (TPSA) is 102 Å². The standard InChI is InChI=1S/C16H36O7Si4/c1-24(2,3)21-27(22-25(4,5)6,23-26(7,8)9)12-10-11-14(16(19)20)13-15(17)18/h13H,10-12H2,1-9H3,(H,17,18)(H,19,20)/b14-13+. The molecule has 0 aliphatic heterocycles. The number of carboxylic acids is 2. The van der Waals surface area contributed by atoms with Gasteiger partial charge in [-0.15, -0.1) is 0 Å². The van der Waals surface area contributed by atoms with Crippen LogP contribution in [-0.4, -0.2) is 55.9 Å². The Kier molecular flexibility index (Phi) is 9.55. The molecule has 2 N–H and O–H groups in total. The third-order valence-electron chi connectivity index (χ3n) is 2.89. The Hall–Kier alpha value is -0.572. The van der Waals surface area contributed by atoms with Crippen LogP contribution < -0.4 is 0 Å². The molecule has 0 bridgehead atoms. The molecule has 0 amide bonds. The van der Waals surface area contributed by atoms with Gasteiger partial charge in [-0.05, 0) is 71.8 Å². The fourth-order valence-electron chi connectivity index (χ4n) is 2.50. The van der Waals surface area contributed by atoms with Gasteiger partial charge < -0.3 is 22.6 Å². The lowest BCUT2D eigenvalue weighted by molar-refractivity contribution is -0.135. The molecular formula is C16H36O7Si4. The molecule has 27 heavy (non-hydrogen) atoms. The maximum absolute atomic E-state index is 11.3. The van der Waals surface area contributed by atoms with E-state index in [2.05, 4.69) is 58.9 Å². The van der Waals surface area contributed by atoms with Gasteiger partial charge in [0.15, 0.2) is 25.0 Å². The average molecular weight is 453 g/mol. The lowest BCUT2D eigenvalue weighted by atomic mass is 10.1. The second-order valence-corrected chi connectivity index (χ2v) is 26.5. The first-order chi connectivity index (χ1) is 11.8. The quantitative estimate of drug-likeness (QED) is 0.335. The highest BCUT2D eigenvalue weighted by Gasteiger charge is 2.49. The van der Waals surface area contributed by atoms with Gasteiger partial charge in [-0.1, -0.05) is 0 Å². The van der Waals surface area contributed by atoms with Gasteiger partial charge in [-0.2, -0.15) is 0 Å². The number of aliphatic carboxylic acids is 2. The number of carbonyl (C=O) groups is 2. The summed E-state index contributed by atoms with van der Waals surface area (Å²) in [6, 6.07) is 0.482. The number of hydrogen-bond acceptors (Lipinski definition) is 5. The summed E-state index contributed by atoms with van der Waals surface area (Å²) in [5, 5.41) is 18.1. The van der Waals surface area contributed by atoms with Gasteiger partial charge in [0.1, 0.15) is 0 Å². The van der Waals surface area contributed by atoms with Gasteiger partial charge in [0.2, 0.25) is 0 Å². The smallest absolute Gasteiger partial charge is 0.469 e. The molecule has 0 aromatic heterocycles. The Morgan fingerprint density at radius 2 is 1.15 bits per heavy atom. The predicted molar refractivity (Wildman–Crippen MR) is 116 cm³/mol. The normalized spacial score (nSPS) is 14.3. The summed E-state index contributed by atoms with van der Waals surface area (Å²) >= 11 is 0. The molecule has 0 heterocycles. The van der Waals surface area contributed by atoms with Crippen molar-refractivity contribution in [2.24, 2.45) is 0 Å². The Morgan fingerprint density at radius 1 is 0.778 bits per heavy atom. The molecule has 0 spiro atoms. The molecule has 0 aromatic rings. The highest BCUT2D eigenvalue weighted by atomic mass is 28.5. The molecule has 0 radical (unpaired) electrons. The molecule has 158 valence electrons. The van der Waals surface area contributed by atoms with Gasteiger partial charge in [0.05, 0.1) is 0 Å². The average Bonchev–Trinajstić information content (AvgIpc) is 2.29. The zero-order chi connectivity index (χ0) is 21.7. The van der Waals surface area contributed by atoms with Crippen LogP contribution in [0, 0.1) is 0 Å². The van der Waals surface area contributed by atoms with Crippen LogP contribution in [0.4, 0.5) is 0 Å². The van der Waals surface area contributed by atoms with Crippen molar-refractivity contribution in [3.63, 3.8) is 0 Å². The minimum absolute atomic E-state index is 0.126. The number of rotatable bonds is 12. The predicted octanol–water partition coefficient (Wildman–Crippen LogP) is 4.36.